The van der Waals surface area contributed by atoms with Gasteiger partial charge in [0, 0.05) is 25.5 Å². The van der Waals surface area contributed by atoms with Gasteiger partial charge >= 0.3 is 5.97 Å². The van der Waals surface area contributed by atoms with Crippen LogP contribution in [0.4, 0.5) is 0 Å². The van der Waals surface area contributed by atoms with E-state index in [0.717, 1.165) is 5.56 Å². The normalized spacial score (nSPS) is 11.4. The van der Waals surface area contributed by atoms with E-state index < -0.39 is 5.92 Å². The van der Waals surface area contributed by atoms with Gasteiger partial charge in [-0.05, 0) is 23.8 Å². The van der Waals surface area contributed by atoms with Crippen LogP contribution in [-0.2, 0) is 20.9 Å². The number of para-hydroxylation sites is 1. The van der Waals surface area contributed by atoms with Gasteiger partial charge in [-0.15, -0.1) is 0 Å². The van der Waals surface area contributed by atoms with Crippen LogP contribution in [0.1, 0.15) is 12.5 Å². The van der Waals surface area contributed by atoms with Gasteiger partial charge in [0.2, 0.25) is 0 Å². The van der Waals surface area contributed by atoms with E-state index in [9.17, 15) is 9.59 Å². The molecule has 1 amide bonds. The molecule has 2 rings (SSSR count). The van der Waals surface area contributed by atoms with Crippen molar-refractivity contribution in [3.05, 3.63) is 60.4 Å². The van der Waals surface area contributed by atoms with Gasteiger partial charge < -0.3 is 14.4 Å². The molecule has 1 unspecified atom stereocenters. The maximum Gasteiger partial charge on any atom is 0.310 e. The molecule has 0 saturated carbocycles. The Kier molecular flexibility index (Phi) is 6.95. The summed E-state index contributed by atoms with van der Waals surface area (Å²) in [5, 5.41) is 0. The number of esters is 1. The van der Waals surface area contributed by atoms with Crippen molar-refractivity contribution in [2.75, 3.05) is 20.3 Å². The molecule has 0 fully saturated rings. The molecule has 0 aliphatic carbocycles. The lowest BCUT2D eigenvalue weighted by Gasteiger charge is -2.25. The highest BCUT2D eigenvalue weighted by atomic mass is 16.5. The first-order valence-electron chi connectivity index (χ1n) is 8.02. The van der Waals surface area contributed by atoms with Gasteiger partial charge in [-0.2, -0.15) is 0 Å². The molecular formula is C19H22N2O4. The van der Waals surface area contributed by atoms with Crippen LogP contribution in [0.3, 0.4) is 0 Å². The summed E-state index contributed by atoms with van der Waals surface area (Å²) < 4.78 is 10.3. The van der Waals surface area contributed by atoms with E-state index >= 15 is 0 Å². The van der Waals surface area contributed by atoms with E-state index in [1.807, 2.05) is 30.3 Å². The number of pyridine rings is 1. The van der Waals surface area contributed by atoms with Crippen molar-refractivity contribution in [2.45, 2.75) is 13.5 Å². The highest BCUT2D eigenvalue weighted by Gasteiger charge is 2.22. The number of amides is 1. The van der Waals surface area contributed by atoms with Crippen LogP contribution in [0.15, 0.2) is 54.9 Å². The fourth-order valence-electron chi connectivity index (χ4n) is 2.33. The van der Waals surface area contributed by atoms with Crippen LogP contribution in [-0.4, -0.2) is 42.0 Å². The molecule has 1 aromatic carbocycles. The number of benzene rings is 1. The number of carbonyl (C=O) groups is 2. The van der Waals surface area contributed by atoms with Gasteiger partial charge in [0.25, 0.3) is 5.91 Å². The van der Waals surface area contributed by atoms with Gasteiger partial charge in [0.1, 0.15) is 5.75 Å². The van der Waals surface area contributed by atoms with Gasteiger partial charge in [0.15, 0.2) is 6.61 Å². The van der Waals surface area contributed by atoms with Crippen molar-refractivity contribution in [1.29, 1.82) is 0 Å². The average Bonchev–Trinajstić information content (AvgIpc) is 2.66. The number of methoxy groups -OCH3 is 1. The van der Waals surface area contributed by atoms with Crippen LogP contribution >= 0.6 is 0 Å². The number of rotatable bonds is 8. The molecule has 132 valence electrons. The van der Waals surface area contributed by atoms with Gasteiger partial charge in [0.05, 0.1) is 13.0 Å². The quantitative estimate of drug-likeness (QED) is 0.689. The van der Waals surface area contributed by atoms with Crippen LogP contribution in [0, 0.1) is 5.92 Å². The van der Waals surface area contributed by atoms with Gasteiger partial charge in [-0.25, -0.2) is 0 Å². The number of nitrogens with zero attached hydrogens (tertiary/aromatic N) is 2. The third-order valence-corrected chi connectivity index (χ3v) is 3.65. The van der Waals surface area contributed by atoms with Crippen LogP contribution in [0.25, 0.3) is 0 Å². The predicted molar refractivity (Wildman–Crippen MR) is 92.8 cm³/mol. The second kappa shape index (κ2) is 9.42. The van der Waals surface area contributed by atoms with Crippen LogP contribution in [0.5, 0.6) is 5.75 Å². The summed E-state index contributed by atoms with van der Waals surface area (Å²) in [5.74, 6) is -0.364. The summed E-state index contributed by atoms with van der Waals surface area (Å²) >= 11 is 0. The number of hydrogen-bond donors (Lipinski definition) is 0. The molecule has 0 N–H and O–H groups in total. The van der Waals surface area contributed by atoms with Crippen molar-refractivity contribution < 1.29 is 19.1 Å². The molecular weight excluding hydrogens is 320 g/mol. The summed E-state index contributed by atoms with van der Waals surface area (Å²) in [6, 6.07) is 12.8. The fourth-order valence-corrected chi connectivity index (χ4v) is 2.33. The van der Waals surface area contributed by atoms with E-state index in [1.54, 1.807) is 36.4 Å². The summed E-state index contributed by atoms with van der Waals surface area (Å²) in [6.45, 7) is 2.23. The molecule has 1 atom stereocenters. The van der Waals surface area contributed by atoms with E-state index in [0.29, 0.717) is 12.3 Å². The Morgan fingerprint density at radius 2 is 1.92 bits per heavy atom. The Hall–Kier alpha value is -2.89. The Morgan fingerprint density at radius 3 is 2.56 bits per heavy atom. The molecule has 0 bridgehead atoms. The topological polar surface area (TPSA) is 68.7 Å². The molecule has 0 radical (unpaired) electrons. The monoisotopic (exact) mass is 342 g/mol. The summed E-state index contributed by atoms with van der Waals surface area (Å²) in [5.41, 5.74) is 0.882. The summed E-state index contributed by atoms with van der Waals surface area (Å²) in [4.78, 5) is 29.9. The maximum atomic E-state index is 12.6. The van der Waals surface area contributed by atoms with Crippen LogP contribution in [0.2, 0.25) is 0 Å². The number of ether oxygens (including phenoxy) is 2. The molecule has 1 aromatic heterocycles. The van der Waals surface area contributed by atoms with Crippen molar-refractivity contribution in [2.24, 2.45) is 5.92 Å². The van der Waals surface area contributed by atoms with Crippen molar-refractivity contribution in [1.82, 2.24) is 9.88 Å². The zero-order valence-electron chi connectivity index (χ0n) is 14.4. The summed E-state index contributed by atoms with van der Waals surface area (Å²) in [7, 11) is 1.34. The van der Waals surface area contributed by atoms with Gasteiger partial charge in [-0.3, -0.25) is 14.6 Å². The molecule has 0 aliphatic rings. The van der Waals surface area contributed by atoms with Crippen LogP contribution < -0.4 is 4.74 Å². The lowest BCUT2D eigenvalue weighted by molar-refractivity contribution is -0.147. The number of carbonyl (C=O) groups excluding carboxylic acids is 2. The molecule has 25 heavy (non-hydrogen) atoms. The minimum absolute atomic E-state index is 0.0990. The third-order valence-electron chi connectivity index (χ3n) is 3.65. The largest absolute Gasteiger partial charge is 0.484 e. The highest BCUT2D eigenvalue weighted by molar-refractivity contribution is 5.79. The molecule has 0 spiro atoms. The molecule has 6 nitrogen and oxygen atoms in total. The second-order valence-corrected chi connectivity index (χ2v) is 5.66. The first-order valence-corrected chi connectivity index (χ1v) is 8.02. The lowest BCUT2D eigenvalue weighted by atomic mass is 10.1. The number of aromatic nitrogens is 1. The van der Waals surface area contributed by atoms with E-state index in [2.05, 4.69) is 4.98 Å². The van der Waals surface area contributed by atoms with Gasteiger partial charge in [-0.1, -0.05) is 31.2 Å². The first kappa shape index (κ1) is 18.4. The molecule has 0 aliphatic heterocycles. The lowest BCUT2D eigenvalue weighted by Crippen LogP contribution is -2.39. The average molecular weight is 342 g/mol. The Balaban J connectivity index is 2.03. The summed E-state index contributed by atoms with van der Waals surface area (Å²) in [6.07, 6.45) is 3.37. The SMILES string of the molecule is COC(=O)C(C)CN(Cc1cccnc1)C(=O)COc1ccccc1. The smallest absolute Gasteiger partial charge is 0.310 e. The van der Waals surface area contributed by atoms with Crippen molar-refractivity contribution in [3.8, 4) is 5.75 Å². The number of hydrogen-bond acceptors (Lipinski definition) is 5. The zero-order chi connectivity index (χ0) is 18.1. The van der Waals surface area contributed by atoms with E-state index in [1.165, 1.54) is 7.11 Å². The maximum absolute atomic E-state index is 12.6. The Bertz CT molecular complexity index is 676. The van der Waals surface area contributed by atoms with Crippen molar-refractivity contribution >= 4 is 11.9 Å². The highest BCUT2D eigenvalue weighted by Crippen LogP contribution is 2.11. The molecule has 0 saturated heterocycles. The predicted octanol–water partition coefficient (Wildman–Crippen LogP) is 2.30. The molecule has 2 aromatic rings. The fraction of sp³-hybridized carbons (Fsp3) is 0.316. The minimum Gasteiger partial charge on any atom is -0.484 e. The molecule has 6 heteroatoms. The third kappa shape index (κ3) is 5.91. The van der Waals surface area contributed by atoms with Crippen molar-refractivity contribution in [3.63, 3.8) is 0 Å². The zero-order valence-corrected chi connectivity index (χ0v) is 14.4. The first-order chi connectivity index (χ1) is 12.1. The van der Waals surface area contributed by atoms with E-state index in [-0.39, 0.29) is 25.0 Å². The second-order valence-electron chi connectivity index (χ2n) is 5.66. The Labute approximate surface area is 147 Å². The standard InChI is InChI=1S/C19H22N2O4/c1-15(19(23)24-2)12-21(13-16-7-6-10-20-11-16)18(22)14-25-17-8-4-3-5-9-17/h3-11,15H,12-14H2,1-2H3. The molecule has 1 heterocycles. The minimum atomic E-state index is -0.428. The Morgan fingerprint density at radius 1 is 1.16 bits per heavy atom. The van der Waals surface area contributed by atoms with E-state index in [4.69, 9.17) is 9.47 Å².